The van der Waals surface area contributed by atoms with Gasteiger partial charge in [-0.1, -0.05) is 53.5 Å². The smallest absolute Gasteiger partial charge is 0.331 e. The van der Waals surface area contributed by atoms with Crippen molar-refractivity contribution < 1.29 is 28.4 Å². The summed E-state index contributed by atoms with van der Waals surface area (Å²) < 4.78 is 28.6. The minimum absolute atomic E-state index is 0.0858. The van der Waals surface area contributed by atoms with Crippen molar-refractivity contribution in [3.05, 3.63) is 23.8 Å². The van der Waals surface area contributed by atoms with Crippen LogP contribution in [0.5, 0.6) is 11.5 Å². The first-order valence-electron chi connectivity index (χ1n) is 10.3. The van der Waals surface area contributed by atoms with Crippen molar-refractivity contribution in [1.29, 1.82) is 0 Å². The maximum absolute atomic E-state index is 13.6. The molecule has 0 saturated carbocycles. The molecule has 0 aliphatic rings. The Hall–Kier alpha value is -1.94. The number of unbranched alkanes of at least 4 members (excludes halogenated alkanes) is 1. The van der Waals surface area contributed by atoms with Crippen LogP contribution in [-0.4, -0.2) is 37.7 Å². The molecular weight excluding hydrogens is 403 g/mol. The van der Waals surface area contributed by atoms with Gasteiger partial charge < -0.3 is 14.2 Å². The van der Waals surface area contributed by atoms with Crippen LogP contribution >= 0.6 is 8.46 Å². The number of carbonyl (C=O) groups excluding carboxylic acids is 2. The van der Waals surface area contributed by atoms with Crippen LogP contribution in [0.4, 0.5) is 0 Å². The maximum Gasteiger partial charge on any atom is 0.331 e. The van der Waals surface area contributed by atoms with Gasteiger partial charge in [0.2, 0.25) is 5.16 Å². The Labute approximate surface area is 181 Å². The van der Waals surface area contributed by atoms with Crippen LogP contribution in [0.1, 0.15) is 70.7 Å². The highest BCUT2D eigenvalue weighted by Crippen LogP contribution is 2.40. The second-order valence-corrected chi connectivity index (χ2v) is 9.84. The Bertz CT molecular complexity index is 717. The second-order valence-electron chi connectivity index (χ2n) is 8.89. The summed E-state index contributed by atoms with van der Waals surface area (Å²) >= 11 is 0. The van der Waals surface area contributed by atoms with Gasteiger partial charge in [0.1, 0.15) is 17.1 Å². The van der Waals surface area contributed by atoms with Crippen LogP contribution in [0.25, 0.3) is 0 Å². The lowest BCUT2D eigenvalue weighted by Gasteiger charge is -2.27. The molecular formula is C23H35O6P. The van der Waals surface area contributed by atoms with E-state index in [4.69, 9.17) is 14.2 Å². The molecule has 7 heteroatoms. The van der Waals surface area contributed by atoms with Crippen molar-refractivity contribution in [2.75, 3.05) is 20.8 Å². The quantitative estimate of drug-likeness (QED) is 0.180. The SMILES string of the molecule is CCCCC(P=O)(C(=O)OCC(C)CC(C)(C)C)C(=O)c1c(OC)cccc1OC. The molecule has 0 fully saturated rings. The first-order chi connectivity index (χ1) is 14.1. The topological polar surface area (TPSA) is 78.9 Å². The predicted octanol–water partition coefficient (Wildman–Crippen LogP) is 5.72. The third-order valence-electron chi connectivity index (χ3n) is 4.88. The third kappa shape index (κ3) is 6.53. The molecule has 0 radical (unpaired) electrons. The molecule has 168 valence electrons. The molecule has 1 rings (SSSR count). The molecule has 2 atom stereocenters. The number of ether oxygens (including phenoxy) is 3. The van der Waals surface area contributed by atoms with Crippen LogP contribution in [0, 0.1) is 11.3 Å². The molecule has 0 saturated heterocycles. The van der Waals surface area contributed by atoms with Gasteiger partial charge >= 0.3 is 5.97 Å². The van der Waals surface area contributed by atoms with Crippen molar-refractivity contribution in [3.63, 3.8) is 0 Å². The fourth-order valence-electron chi connectivity index (χ4n) is 3.59. The highest BCUT2D eigenvalue weighted by Gasteiger charge is 2.50. The van der Waals surface area contributed by atoms with E-state index < -0.39 is 25.4 Å². The van der Waals surface area contributed by atoms with E-state index >= 15 is 0 Å². The number of benzene rings is 1. The first-order valence-corrected chi connectivity index (χ1v) is 11.1. The molecule has 0 N–H and O–H groups in total. The number of methoxy groups -OCH3 is 2. The zero-order valence-electron chi connectivity index (χ0n) is 19.2. The second kappa shape index (κ2) is 11.5. The highest BCUT2D eigenvalue weighted by atomic mass is 31.1. The summed E-state index contributed by atoms with van der Waals surface area (Å²) in [6.07, 6.45) is 2.25. The Morgan fingerprint density at radius 3 is 2.10 bits per heavy atom. The van der Waals surface area contributed by atoms with E-state index in [1.54, 1.807) is 18.2 Å². The molecule has 30 heavy (non-hydrogen) atoms. The fourth-order valence-corrected chi connectivity index (χ4v) is 4.17. The average molecular weight is 439 g/mol. The number of carbonyl (C=O) groups is 2. The van der Waals surface area contributed by atoms with Gasteiger partial charge in [-0.2, -0.15) is 0 Å². The van der Waals surface area contributed by atoms with E-state index in [1.807, 2.05) is 13.8 Å². The van der Waals surface area contributed by atoms with Crippen LogP contribution in [0.2, 0.25) is 0 Å². The standard InChI is InChI=1S/C23H35O6P/c1-8-9-13-23(30-26,21(25)29-15-16(2)14-22(3,4)5)20(24)19-17(27-6)11-10-12-18(19)28-7/h10-12,16H,8-9,13-15H2,1-7H3. The van der Waals surface area contributed by atoms with Crippen molar-refractivity contribution in [2.24, 2.45) is 11.3 Å². The van der Waals surface area contributed by atoms with Crippen molar-refractivity contribution in [3.8, 4) is 11.5 Å². The average Bonchev–Trinajstić information content (AvgIpc) is 2.70. The lowest BCUT2D eigenvalue weighted by atomic mass is 9.86. The number of hydrogen-bond donors (Lipinski definition) is 0. The minimum Gasteiger partial charge on any atom is -0.496 e. The summed E-state index contributed by atoms with van der Waals surface area (Å²) in [5.41, 5.74) is 0.185. The molecule has 0 aromatic heterocycles. The third-order valence-corrected chi connectivity index (χ3v) is 5.80. The maximum atomic E-state index is 13.6. The summed E-state index contributed by atoms with van der Waals surface area (Å²) in [7, 11) is 2.27. The van der Waals surface area contributed by atoms with Crippen molar-refractivity contribution in [2.45, 2.75) is 65.5 Å². The molecule has 1 aromatic rings. The Balaban J connectivity index is 3.30. The molecule has 2 unspecified atom stereocenters. The number of rotatable bonds is 12. The van der Waals surface area contributed by atoms with E-state index in [0.29, 0.717) is 6.42 Å². The molecule has 1 aromatic carbocycles. The minimum atomic E-state index is -1.83. The lowest BCUT2D eigenvalue weighted by Crippen LogP contribution is -2.43. The van der Waals surface area contributed by atoms with Crippen LogP contribution in [0.3, 0.4) is 0 Å². The van der Waals surface area contributed by atoms with Crippen molar-refractivity contribution >= 4 is 20.2 Å². The number of Topliss-reactive ketones (excluding diaryl/α,β-unsaturated/α-hetero) is 1. The van der Waals surface area contributed by atoms with E-state index in [9.17, 15) is 14.2 Å². The summed E-state index contributed by atoms with van der Waals surface area (Å²) in [5.74, 6) is -0.755. The van der Waals surface area contributed by atoms with Crippen molar-refractivity contribution in [1.82, 2.24) is 0 Å². The molecule has 0 spiro atoms. The molecule has 0 heterocycles. The number of esters is 1. The molecule has 6 nitrogen and oxygen atoms in total. The van der Waals surface area contributed by atoms with Crippen LogP contribution in [0.15, 0.2) is 18.2 Å². The van der Waals surface area contributed by atoms with E-state index in [1.165, 1.54) is 14.2 Å². The van der Waals surface area contributed by atoms with Gasteiger partial charge in [-0.15, -0.1) is 0 Å². The van der Waals surface area contributed by atoms with Gasteiger partial charge in [0.25, 0.3) is 0 Å². The first kappa shape index (κ1) is 26.1. The summed E-state index contributed by atoms with van der Waals surface area (Å²) in [6.45, 7) is 10.4. The van der Waals surface area contributed by atoms with Gasteiger partial charge in [0, 0.05) is 0 Å². The van der Waals surface area contributed by atoms with E-state index in [0.717, 1.165) is 12.8 Å². The Kier molecular flexibility index (Phi) is 9.96. The molecule has 0 aliphatic carbocycles. The number of hydrogen-bond acceptors (Lipinski definition) is 6. The van der Waals surface area contributed by atoms with Gasteiger partial charge in [-0.25, -0.2) is 0 Å². The van der Waals surface area contributed by atoms with E-state index in [-0.39, 0.29) is 41.4 Å². The number of ketones is 1. The highest BCUT2D eigenvalue weighted by molar-refractivity contribution is 7.30. The monoisotopic (exact) mass is 438 g/mol. The molecule has 0 aliphatic heterocycles. The van der Waals surface area contributed by atoms with Crippen LogP contribution in [-0.2, 0) is 14.1 Å². The van der Waals surface area contributed by atoms with Gasteiger partial charge in [0.05, 0.1) is 20.8 Å². The summed E-state index contributed by atoms with van der Waals surface area (Å²) in [4.78, 5) is 26.8. The van der Waals surface area contributed by atoms with Gasteiger partial charge in [-0.05, 0) is 36.3 Å². The van der Waals surface area contributed by atoms with E-state index in [2.05, 4.69) is 20.8 Å². The lowest BCUT2D eigenvalue weighted by molar-refractivity contribution is -0.147. The zero-order chi connectivity index (χ0) is 22.9. The summed E-state index contributed by atoms with van der Waals surface area (Å²) in [5, 5.41) is -1.83. The Morgan fingerprint density at radius 2 is 1.67 bits per heavy atom. The zero-order valence-corrected chi connectivity index (χ0v) is 20.1. The largest absolute Gasteiger partial charge is 0.496 e. The van der Waals surface area contributed by atoms with Crippen LogP contribution < -0.4 is 9.47 Å². The Morgan fingerprint density at radius 1 is 1.10 bits per heavy atom. The fraction of sp³-hybridized carbons (Fsp3) is 0.652. The predicted molar refractivity (Wildman–Crippen MR) is 118 cm³/mol. The van der Waals surface area contributed by atoms with Gasteiger partial charge in [0.15, 0.2) is 14.2 Å². The van der Waals surface area contributed by atoms with Gasteiger partial charge in [-0.3, -0.25) is 14.2 Å². The molecule has 0 bridgehead atoms. The normalized spacial score (nSPS) is 14.6. The summed E-state index contributed by atoms with van der Waals surface area (Å²) in [6, 6.07) is 4.90. The molecule has 0 amide bonds.